The minimum absolute atomic E-state index is 0.108. The van der Waals surface area contributed by atoms with Crippen LogP contribution in [0.1, 0.15) is 31.4 Å². The van der Waals surface area contributed by atoms with Crippen LogP contribution in [0.15, 0.2) is 30.3 Å². The Morgan fingerprint density at radius 1 is 1.20 bits per heavy atom. The highest BCUT2D eigenvalue weighted by atomic mass is 16.2. The van der Waals surface area contributed by atoms with Crippen LogP contribution in [0.3, 0.4) is 0 Å². The third-order valence-corrected chi connectivity index (χ3v) is 4.87. The minimum Gasteiger partial charge on any atom is -0.343 e. The number of amides is 2. The van der Waals surface area contributed by atoms with Gasteiger partial charge in [-0.15, -0.1) is 0 Å². The number of hydrogen-bond acceptors (Lipinski definition) is 2. The second-order valence-corrected chi connectivity index (χ2v) is 5.89. The predicted molar refractivity (Wildman–Crippen MR) is 75.9 cm³/mol. The van der Waals surface area contributed by atoms with Gasteiger partial charge in [0.1, 0.15) is 0 Å². The molecule has 1 spiro atoms. The van der Waals surface area contributed by atoms with Crippen LogP contribution in [0.2, 0.25) is 0 Å². The van der Waals surface area contributed by atoms with Gasteiger partial charge in [0, 0.05) is 27.1 Å². The van der Waals surface area contributed by atoms with Crippen molar-refractivity contribution in [3.8, 4) is 0 Å². The maximum absolute atomic E-state index is 12.4. The molecule has 0 bridgehead atoms. The van der Waals surface area contributed by atoms with E-state index in [1.54, 1.807) is 6.92 Å². The van der Waals surface area contributed by atoms with Gasteiger partial charge < -0.3 is 9.80 Å². The fourth-order valence-corrected chi connectivity index (χ4v) is 3.78. The number of rotatable bonds is 1. The van der Waals surface area contributed by atoms with Gasteiger partial charge in [-0.3, -0.25) is 9.59 Å². The molecule has 20 heavy (non-hydrogen) atoms. The van der Waals surface area contributed by atoms with Crippen molar-refractivity contribution in [2.75, 3.05) is 20.1 Å². The molecule has 2 heterocycles. The Morgan fingerprint density at radius 3 is 2.35 bits per heavy atom. The zero-order valence-electron chi connectivity index (χ0n) is 12.0. The Bertz CT molecular complexity index is 533. The zero-order chi connectivity index (χ0) is 14.3. The SMILES string of the molecule is CC(=O)N1CCC2(CC1)C(=O)N(C)[C@@H]2c1ccccc1. The quantitative estimate of drug-likeness (QED) is 0.732. The predicted octanol–water partition coefficient (Wildman–Crippen LogP) is 1.83. The second-order valence-electron chi connectivity index (χ2n) is 5.89. The first-order valence-electron chi connectivity index (χ1n) is 7.14. The van der Waals surface area contributed by atoms with E-state index < -0.39 is 0 Å². The molecular weight excluding hydrogens is 252 g/mol. The topological polar surface area (TPSA) is 40.6 Å². The zero-order valence-corrected chi connectivity index (χ0v) is 12.0. The van der Waals surface area contributed by atoms with Gasteiger partial charge in [0.2, 0.25) is 11.8 Å². The first kappa shape index (κ1) is 13.2. The molecule has 1 aromatic carbocycles. The number of nitrogens with zero attached hydrogens (tertiary/aromatic N) is 2. The van der Waals surface area contributed by atoms with Crippen LogP contribution in [0.5, 0.6) is 0 Å². The van der Waals surface area contributed by atoms with Crippen molar-refractivity contribution in [1.82, 2.24) is 9.80 Å². The third-order valence-electron chi connectivity index (χ3n) is 4.87. The number of hydrogen-bond donors (Lipinski definition) is 0. The normalized spacial score (nSPS) is 24.7. The van der Waals surface area contributed by atoms with E-state index in [0.717, 1.165) is 12.8 Å². The van der Waals surface area contributed by atoms with Gasteiger partial charge in [0.15, 0.2) is 0 Å². The molecule has 2 aliphatic heterocycles. The molecule has 0 saturated carbocycles. The number of likely N-dealkylation sites (tertiary alicyclic amines) is 2. The minimum atomic E-state index is -0.290. The van der Waals surface area contributed by atoms with Crippen molar-refractivity contribution in [2.24, 2.45) is 5.41 Å². The summed E-state index contributed by atoms with van der Waals surface area (Å²) < 4.78 is 0. The van der Waals surface area contributed by atoms with E-state index in [1.807, 2.05) is 35.0 Å². The van der Waals surface area contributed by atoms with Crippen LogP contribution in [-0.4, -0.2) is 41.8 Å². The molecule has 1 aromatic rings. The van der Waals surface area contributed by atoms with E-state index in [2.05, 4.69) is 12.1 Å². The molecule has 3 rings (SSSR count). The first-order chi connectivity index (χ1) is 9.56. The Kier molecular flexibility index (Phi) is 3.04. The number of β-lactam (4-membered cyclic amide) rings is 1. The van der Waals surface area contributed by atoms with Crippen molar-refractivity contribution in [3.05, 3.63) is 35.9 Å². The van der Waals surface area contributed by atoms with Crippen molar-refractivity contribution >= 4 is 11.8 Å². The maximum atomic E-state index is 12.4. The lowest BCUT2D eigenvalue weighted by molar-refractivity contribution is -0.177. The average Bonchev–Trinajstić information content (AvgIpc) is 2.48. The van der Waals surface area contributed by atoms with Crippen molar-refractivity contribution in [1.29, 1.82) is 0 Å². The van der Waals surface area contributed by atoms with E-state index in [4.69, 9.17) is 0 Å². The van der Waals surface area contributed by atoms with Gasteiger partial charge in [-0.2, -0.15) is 0 Å². The fourth-order valence-electron chi connectivity index (χ4n) is 3.78. The lowest BCUT2D eigenvalue weighted by Crippen LogP contribution is -2.65. The van der Waals surface area contributed by atoms with E-state index in [-0.39, 0.29) is 23.3 Å². The Balaban J connectivity index is 1.85. The Morgan fingerprint density at radius 2 is 1.80 bits per heavy atom. The molecule has 1 atom stereocenters. The monoisotopic (exact) mass is 272 g/mol. The molecule has 0 aliphatic carbocycles. The van der Waals surface area contributed by atoms with Crippen LogP contribution < -0.4 is 0 Å². The summed E-state index contributed by atoms with van der Waals surface area (Å²) in [6, 6.07) is 10.4. The molecule has 2 fully saturated rings. The number of piperidine rings is 1. The van der Waals surface area contributed by atoms with E-state index in [9.17, 15) is 9.59 Å². The summed E-state index contributed by atoms with van der Waals surface area (Å²) in [5, 5.41) is 0. The number of benzene rings is 1. The van der Waals surface area contributed by atoms with Gasteiger partial charge in [-0.05, 0) is 18.4 Å². The highest BCUT2D eigenvalue weighted by Gasteiger charge is 2.60. The third kappa shape index (κ3) is 1.74. The molecule has 0 unspecified atom stereocenters. The van der Waals surface area contributed by atoms with E-state index >= 15 is 0 Å². The summed E-state index contributed by atoms with van der Waals surface area (Å²) in [5.41, 5.74) is 0.910. The molecule has 2 saturated heterocycles. The lowest BCUT2D eigenvalue weighted by atomic mass is 9.62. The molecule has 0 N–H and O–H groups in total. The van der Waals surface area contributed by atoms with Crippen molar-refractivity contribution in [3.63, 3.8) is 0 Å². The molecule has 2 aliphatic rings. The maximum Gasteiger partial charge on any atom is 0.231 e. The summed E-state index contributed by atoms with van der Waals surface area (Å²) in [4.78, 5) is 27.6. The van der Waals surface area contributed by atoms with Gasteiger partial charge >= 0.3 is 0 Å². The van der Waals surface area contributed by atoms with E-state index in [1.165, 1.54) is 5.56 Å². The molecule has 2 amide bonds. The Labute approximate surface area is 119 Å². The van der Waals surface area contributed by atoms with Gasteiger partial charge in [0.05, 0.1) is 11.5 Å². The average molecular weight is 272 g/mol. The van der Waals surface area contributed by atoms with Crippen LogP contribution >= 0.6 is 0 Å². The molecular formula is C16H20N2O2. The standard InChI is InChI=1S/C16H20N2O2/c1-12(19)18-10-8-16(9-11-18)14(17(2)15(16)20)13-6-4-3-5-7-13/h3-7,14H,8-11H2,1-2H3/t14-/m1/s1. The highest BCUT2D eigenvalue weighted by Crippen LogP contribution is 2.55. The smallest absolute Gasteiger partial charge is 0.231 e. The second kappa shape index (κ2) is 4.62. The van der Waals surface area contributed by atoms with Gasteiger partial charge in [-0.25, -0.2) is 0 Å². The van der Waals surface area contributed by atoms with Crippen LogP contribution in [0, 0.1) is 5.41 Å². The van der Waals surface area contributed by atoms with E-state index in [0.29, 0.717) is 13.1 Å². The summed E-state index contributed by atoms with van der Waals surface area (Å²) in [6.07, 6.45) is 1.55. The molecule has 0 aromatic heterocycles. The lowest BCUT2D eigenvalue weighted by Gasteiger charge is -2.57. The van der Waals surface area contributed by atoms with Gasteiger partial charge in [-0.1, -0.05) is 30.3 Å². The summed E-state index contributed by atoms with van der Waals surface area (Å²) in [6.45, 7) is 2.98. The first-order valence-corrected chi connectivity index (χ1v) is 7.14. The molecule has 4 nitrogen and oxygen atoms in total. The molecule has 106 valence electrons. The number of carbonyl (C=O) groups excluding carboxylic acids is 2. The summed E-state index contributed by atoms with van der Waals surface area (Å²) in [7, 11) is 1.88. The van der Waals surface area contributed by atoms with Crippen LogP contribution in [0.4, 0.5) is 0 Å². The highest BCUT2D eigenvalue weighted by molar-refractivity contribution is 5.91. The molecule has 0 radical (unpaired) electrons. The van der Waals surface area contributed by atoms with Gasteiger partial charge in [0.25, 0.3) is 0 Å². The molecule has 4 heteroatoms. The summed E-state index contributed by atoms with van der Waals surface area (Å²) in [5.74, 6) is 0.339. The summed E-state index contributed by atoms with van der Waals surface area (Å²) >= 11 is 0. The van der Waals surface area contributed by atoms with Crippen molar-refractivity contribution < 1.29 is 9.59 Å². The van der Waals surface area contributed by atoms with Crippen LogP contribution in [-0.2, 0) is 9.59 Å². The number of carbonyl (C=O) groups is 2. The Hall–Kier alpha value is -1.84. The fraction of sp³-hybridized carbons (Fsp3) is 0.500. The van der Waals surface area contributed by atoms with Crippen molar-refractivity contribution in [2.45, 2.75) is 25.8 Å². The largest absolute Gasteiger partial charge is 0.343 e. The van der Waals surface area contributed by atoms with Crippen LogP contribution in [0.25, 0.3) is 0 Å².